The van der Waals surface area contributed by atoms with Gasteiger partial charge in [-0.1, -0.05) is 30.3 Å². The van der Waals surface area contributed by atoms with Crippen LogP contribution in [0.25, 0.3) is 5.57 Å². The average molecular weight is 419 g/mol. The van der Waals surface area contributed by atoms with Crippen molar-refractivity contribution in [3.63, 3.8) is 0 Å². The highest BCUT2D eigenvalue weighted by Gasteiger charge is 2.43. The first-order valence-electron chi connectivity index (χ1n) is 10.3. The molecule has 0 spiro atoms. The molecule has 3 amide bonds. The first-order valence-corrected chi connectivity index (χ1v) is 10.3. The monoisotopic (exact) mass is 419 g/mol. The minimum atomic E-state index is -0.356. The molecule has 160 valence electrons. The Kier molecular flexibility index (Phi) is 5.61. The zero-order chi connectivity index (χ0) is 22.1. The summed E-state index contributed by atoms with van der Waals surface area (Å²) in [5.74, 6) is -0.866. The van der Waals surface area contributed by atoms with Crippen molar-refractivity contribution in [2.45, 2.75) is 33.0 Å². The number of amides is 3. The summed E-state index contributed by atoms with van der Waals surface area (Å²) < 4.78 is 5.83. The second kappa shape index (κ2) is 8.35. The third-order valence-corrected chi connectivity index (χ3v) is 5.30. The van der Waals surface area contributed by atoms with Crippen LogP contribution in [0.5, 0.6) is 0 Å². The van der Waals surface area contributed by atoms with Gasteiger partial charge in [-0.2, -0.15) is 0 Å². The molecule has 0 aliphatic carbocycles. The van der Waals surface area contributed by atoms with Gasteiger partial charge in [0.15, 0.2) is 0 Å². The van der Waals surface area contributed by atoms with Gasteiger partial charge in [0.05, 0.1) is 23.5 Å². The second-order valence-electron chi connectivity index (χ2n) is 7.93. The number of nitrogens with one attached hydrogen (secondary N) is 1. The highest BCUT2D eigenvalue weighted by molar-refractivity contribution is 6.45. The van der Waals surface area contributed by atoms with Gasteiger partial charge in [0, 0.05) is 25.7 Å². The number of hydrogen-bond donors (Lipinski definition) is 1. The van der Waals surface area contributed by atoms with Crippen LogP contribution in [0.2, 0.25) is 0 Å². The molecule has 2 aromatic rings. The molecule has 2 unspecified atom stereocenters. The van der Waals surface area contributed by atoms with Gasteiger partial charge in [0.1, 0.15) is 5.70 Å². The summed E-state index contributed by atoms with van der Waals surface area (Å²) in [6.07, 6.45) is -0.123. The smallest absolute Gasteiger partial charge is 0.282 e. The molecular formula is C24H25N3O4. The zero-order valence-corrected chi connectivity index (χ0v) is 17.8. The van der Waals surface area contributed by atoms with Crippen molar-refractivity contribution in [2.75, 3.05) is 23.3 Å². The van der Waals surface area contributed by atoms with E-state index in [1.165, 1.54) is 11.8 Å². The standard InChI is InChI=1S/C24H25N3O4/c1-15-13-26(14-16(2)31-15)22-21(18-9-11-19(12-10-18)25-17(3)28)23(29)27(24(22)30)20-7-5-4-6-8-20/h4-12,15-16H,13-14H2,1-3H3,(H,25,28). The Morgan fingerprint density at radius 1 is 0.935 bits per heavy atom. The van der Waals surface area contributed by atoms with Crippen molar-refractivity contribution >= 4 is 34.7 Å². The van der Waals surface area contributed by atoms with E-state index in [2.05, 4.69) is 5.32 Å². The highest BCUT2D eigenvalue weighted by Crippen LogP contribution is 2.36. The molecule has 4 rings (SSSR count). The maximum atomic E-state index is 13.5. The average Bonchev–Trinajstić information content (AvgIpc) is 2.98. The number of benzene rings is 2. The summed E-state index contributed by atoms with van der Waals surface area (Å²) >= 11 is 0. The van der Waals surface area contributed by atoms with Gasteiger partial charge in [-0.05, 0) is 43.7 Å². The summed E-state index contributed by atoms with van der Waals surface area (Å²) in [5, 5.41) is 2.72. The van der Waals surface area contributed by atoms with E-state index in [1.54, 1.807) is 48.5 Å². The molecule has 31 heavy (non-hydrogen) atoms. The van der Waals surface area contributed by atoms with Crippen LogP contribution in [0.1, 0.15) is 26.3 Å². The number of imide groups is 1. The summed E-state index contributed by atoms with van der Waals surface area (Å²) in [6.45, 7) is 6.40. The Labute approximate surface area is 181 Å². The lowest BCUT2D eigenvalue weighted by molar-refractivity contribution is -0.121. The van der Waals surface area contributed by atoms with Crippen LogP contribution in [0.3, 0.4) is 0 Å². The molecule has 7 heteroatoms. The summed E-state index contributed by atoms with van der Waals surface area (Å²) in [7, 11) is 0. The van der Waals surface area contributed by atoms with Gasteiger partial charge in [-0.3, -0.25) is 14.4 Å². The van der Waals surface area contributed by atoms with E-state index < -0.39 is 0 Å². The van der Waals surface area contributed by atoms with E-state index in [0.717, 1.165) is 0 Å². The lowest BCUT2D eigenvalue weighted by Crippen LogP contribution is -2.47. The molecule has 2 aromatic carbocycles. The highest BCUT2D eigenvalue weighted by atomic mass is 16.5. The molecule has 2 aliphatic rings. The third kappa shape index (κ3) is 4.09. The van der Waals surface area contributed by atoms with E-state index in [-0.39, 0.29) is 29.9 Å². The fourth-order valence-electron chi connectivity index (χ4n) is 4.17. The van der Waals surface area contributed by atoms with Gasteiger partial charge in [0.25, 0.3) is 11.8 Å². The van der Waals surface area contributed by atoms with E-state index >= 15 is 0 Å². The number of nitrogens with zero attached hydrogens (tertiary/aromatic N) is 2. The van der Waals surface area contributed by atoms with Gasteiger partial charge < -0.3 is 15.0 Å². The number of rotatable bonds is 4. The number of morpholine rings is 1. The Morgan fingerprint density at radius 3 is 2.13 bits per heavy atom. The molecule has 2 atom stereocenters. The van der Waals surface area contributed by atoms with Crippen molar-refractivity contribution < 1.29 is 19.1 Å². The predicted molar refractivity (Wildman–Crippen MR) is 118 cm³/mol. The summed E-state index contributed by atoms with van der Waals surface area (Å²) in [5.41, 5.74) is 2.55. The number of anilines is 2. The fraction of sp³-hybridized carbons (Fsp3) is 0.292. The van der Waals surface area contributed by atoms with Crippen LogP contribution in [-0.2, 0) is 19.1 Å². The first kappa shape index (κ1) is 20.8. The number of hydrogen-bond acceptors (Lipinski definition) is 5. The van der Waals surface area contributed by atoms with Crippen molar-refractivity contribution in [3.8, 4) is 0 Å². The predicted octanol–water partition coefficient (Wildman–Crippen LogP) is 3.04. The Morgan fingerprint density at radius 2 is 1.55 bits per heavy atom. The molecule has 0 aromatic heterocycles. The molecule has 7 nitrogen and oxygen atoms in total. The lowest BCUT2D eigenvalue weighted by atomic mass is 10.0. The number of para-hydroxylation sites is 1. The zero-order valence-electron chi connectivity index (χ0n) is 17.8. The fourth-order valence-corrected chi connectivity index (χ4v) is 4.17. The molecule has 2 heterocycles. The number of carbonyl (C=O) groups excluding carboxylic acids is 3. The minimum absolute atomic E-state index is 0.0617. The van der Waals surface area contributed by atoms with Crippen LogP contribution in [0.4, 0.5) is 11.4 Å². The minimum Gasteiger partial charge on any atom is -0.372 e. The van der Waals surface area contributed by atoms with Crippen molar-refractivity contribution in [3.05, 3.63) is 65.9 Å². The summed E-state index contributed by atoms with van der Waals surface area (Å²) in [4.78, 5) is 41.6. The van der Waals surface area contributed by atoms with Crippen LogP contribution >= 0.6 is 0 Å². The third-order valence-electron chi connectivity index (χ3n) is 5.30. The Bertz CT molecular complexity index is 1040. The van der Waals surface area contributed by atoms with Crippen LogP contribution in [-0.4, -0.2) is 47.9 Å². The van der Waals surface area contributed by atoms with Crippen molar-refractivity contribution in [1.29, 1.82) is 0 Å². The molecular weight excluding hydrogens is 394 g/mol. The molecule has 0 bridgehead atoms. The van der Waals surface area contributed by atoms with Gasteiger partial charge in [-0.25, -0.2) is 4.90 Å². The largest absolute Gasteiger partial charge is 0.372 e. The van der Waals surface area contributed by atoms with Gasteiger partial charge >= 0.3 is 0 Å². The number of carbonyl (C=O) groups is 3. The van der Waals surface area contributed by atoms with E-state index in [4.69, 9.17) is 4.74 Å². The van der Waals surface area contributed by atoms with Crippen LogP contribution in [0.15, 0.2) is 60.3 Å². The van der Waals surface area contributed by atoms with Gasteiger partial charge in [-0.15, -0.1) is 0 Å². The molecule has 1 saturated heterocycles. The molecule has 1 fully saturated rings. The van der Waals surface area contributed by atoms with Crippen molar-refractivity contribution in [1.82, 2.24) is 4.90 Å². The van der Waals surface area contributed by atoms with Crippen LogP contribution < -0.4 is 10.2 Å². The normalized spacial score (nSPS) is 21.6. The Hall–Kier alpha value is -3.45. The van der Waals surface area contributed by atoms with Gasteiger partial charge in [0.2, 0.25) is 5.91 Å². The Balaban J connectivity index is 1.79. The van der Waals surface area contributed by atoms with E-state index in [1.807, 2.05) is 24.8 Å². The summed E-state index contributed by atoms with van der Waals surface area (Å²) in [6, 6.07) is 15.9. The lowest BCUT2D eigenvalue weighted by Gasteiger charge is -2.37. The maximum absolute atomic E-state index is 13.5. The maximum Gasteiger partial charge on any atom is 0.282 e. The van der Waals surface area contributed by atoms with E-state index in [9.17, 15) is 14.4 Å². The van der Waals surface area contributed by atoms with Crippen LogP contribution in [0, 0.1) is 0 Å². The topological polar surface area (TPSA) is 79.0 Å². The molecule has 0 saturated carbocycles. The quantitative estimate of drug-likeness (QED) is 0.771. The second-order valence-corrected chi connectivity index (χ2v) is 7.93. The number of ether oxygens (including phenoxy) is 1. The first-order chi connectivity index (χ1) is 14.8. The molecule has 0 radical (unpaired) electrons. The SMILES string of the molecule is CC(=O)Nc1ccc(C2=C(N3CC(C)OC(C)C3)C(=O)N(c3ccccc3)C2=O)cc1. The molecule has 2 aliphatic heterocycles. The van der Waals surface area contributed by atoms with E-state index in [0.29, 0.717) is 41.3 Å². The molecule has 1 N–H and O–H groups in total. The van der Waals surface area contributed by atoms with Crippen molar-refractivity contribution in [2.24, 2.45) is 0 Å².